The van der Waals surface area contributed by atoms with Crippen molar-refractivity contribution in [2.75, 3.05) is 14.2 Å². The van der Waals surface area contributed by atoms with Gasteiger partial charge in [0.2, 0.25) is 0 Å². The van der Waals surface area contributed by atoms with E-state index in [0.717, 1.165) is 32.1 Å². The number of methoxy groups -OCH3 is 1. The minimum atomic E-state index is -1.09. The molecule has 0 N–H and O–H groups in total. The lowest BCUT2D eigenvalue weighted by molar-refractivity contribution is -0.381. The van der Waals surface area contributed by atoms with Crippen LogP contribution in [0.2, 0.25) is 0 Å². The van der Waals surface area contributed by atoms with Crippen LogP contribution in [0.4, 0.5) is 0 Å². The number of Topliss-reactive ketones (excluding diaryl/α,β-unsaturated/α-hetero) is 2. The van der Waals surface area contributed by atoms with Crippen molar-refractivity contribution in [3.05, 3.63) is 11.6 Å². The van der Waals surface area contributed by atoms with E-state index in [1.165, 1.54) is 25.0 Å². The lowest BCUT2D eigenvalue weighted by Crippen LogP contribution is -2.58. The number of esters is 1. The summed E-state index contributed by atoms with van der Waals surface area (Å²) < 4.78 is 5.10. The summed E-state index contributed by atoms with van der Waals surface area (Å²) in [6.45, 7) is 6.13. The molecule has 0 bridgehead atoms. The standard InChI is InChI=1S/C25H35NO6/c1-14(27)25-20(21(22(29)30-4)26(31-5)32-25)13-19-17-7-6-15-12-16(28)8-10-23(15,2)18(17)9-11-24(19,25)3/h6,17-21H,7-13H2,1-5H3/t17?,18?,19?,20?,21-,23+,24+,25-/m1/s1. The average molecular weight is 446 g/mol. The summed E-state index contributed by atoms with van der Waals surface area (Å²) in [5.41, 5.74) is -0.103. The van der Waals surface area contributed by atoms with Gasteiger partial charge in [-0.1, -0.05) is 30.7 Å². The number of hydrogen-bond donors (Lipinski definition) is 0. The number of hydrogen-bond acceptors (Lipinski definition) is 7. The van der Waals surface area contributed by atoms with Crippen LogP contribution in [0.15, 0.2) is 11.6 Å². The molecule has 0 aromatic rings. The lowest BCUT2D eigenvalue weighted by Gasteiger charge is -2.58. The number of ether oxygens (including phenoxy) is 1. The summed E-state index contributed by atoms with van der Waals surface area (Å²) in [6, 6.07) is -0.757. The Kier molecular flexibility index (Phi) is 5.01. The van der Waals surface area contributed by atoms with E-state index in [2.05, 4.69) is 19.9 Å². The number of rotatable bonds is 3. The van der Waals surface area contributed by atoms with Crippen molar-refractivity contribution in [3.63, 3.8) is 0 Å². The first-order valence-corrected chi connectivity index (χ1v) is 12.0. The Labute approximate surface area is 189 Å². The molecular formula is C25H35NO6. The second kappa shape index (κ2) is 7.21. The second-order valence-electron chi connectivity index (χ2n) is 11.1. The van der Waals surface area contributed by atoms with Crippen molar-refractivity contribution in [2.24, 2.45) is 34.5 Å². The predicted molar refractivity (Wildman–Crippen MR) is 115 cm³/mol. The van der Waals surface area contributed by atoms with E-state index in [9.17, 15) is 14.4 Å². The molecule has 4 aliphatic carbocycles. The fraction of sp³-hybridized carbons (Fsp3) is 0.800. The highest BCUT2D eigenvalue weighted by Gasteiger charge is 2.76. The molecule has 7 heteroatoms. The van der Waals surface area contributed by atoms with Crippen LogP contribution in [0.1, 0.15) is 65.7 Å². The molecule has 8 atom stereocenters. The molecule has 0 amide bonds. The molecule has 5 rings (SSSR count). The van der Waals surface area contributed by atoms with Gasteiger partial charge in [-0.15, -0.1) is 0 Å². The van der Waals surface area contributed by atoms with Crippen LogP contribution in [0.3, 0.4) is 0 Å². The van der Waals surface area contributed by atoms with Gasteiger partial charge in [-0.25, -0.2) is 0 Å². The van der Waals surface area contributed by atoms with Crippen molar-refractivity contribution in [1.82, 2.24) is 5.23 Å². The van der Waals surface area contributed by atoms with Crippen molar-refractivity contribution < 1.29 is 28.8 Å². The summed E-state index contributed by atoms with van der Waals surface area (Å²) in [5.74, 6) is 0.735. The number of allylic oxidation sites excluding steroid dienone is 2. The van der Waals surface area contributed by atoms with Crippen molar-refractivity contribution in [3.8, 4) is 0 Å². The normalized spacial score (nSPS) is 47.7. The van der Waals surface area contributed by atoms with Crippen LogP contribution in [-0.2, 0) is 28.8 Å². The number of carbonyl (C=O) groups is 3. The van der Waals surface area contributed by atoms with Gasteiger partial charge in [0, 0.05) is 24.2 Å². The summed E-state index contributed by atoms with van der Waals surface area (Å²) >= 11 is 0. The van der Waals surface area contributed by atoms with E-state index >= 15 is 0 Å². The third-order valence-corrected chi connectivity index (χ3v) is 10.2. The quantitative estimate of drug-likeness (QED) is 0.486. The number of nitrogens with zero attached hydrogens (tertiary/aromatic N) is 1. The number of hydroxylamine groups is 2. The van der Waals surface area contributed by atoms with Crippen molar-refractivity contribution in [2.45, 2.75) is 77.4 Å². The molecule has 5 aliphatic rings. The smallest absolute Gasteiger partial charge is 0.328 e. The van der Waals surface area contributed by atoms with Gasteiger partial charge >= 0.3 is 5.97 Å². The Morgan fingerprint density at radius 1 is 1.16 bits per heavy atom. The molecule has 4 unspecified atom stereocenters. The van der Waals surface area contributed by atoms with Gasteiger partial charge in [-0.3, -0.25) is 24.1 Å². The third-order valence-electron chi connectivity index (χ3n) is 10.2. The minimum Gasteiger partial charge on any atom is -0.468 e. The Balaban J connectivity index is 1.57. The van der Waals surface area contributed by atoms with E-state index in [0.29, 0.717) is 30.5 Å². The first kappa shape index (κ1) is 22.2. The van der Waals surface area contributed by atoms with E-state index in [4.69, 9.17) is 14.4 Å². The van der Waals surface area contributed by atoms with Crippen LogP contribution in [0, 0.1) is 34.5 Å². The summed E-state index contributed by atoms with van der Waals surface area (Å²) in [7, 11) is 2.82. The fourth-order valence-corrected chi connectivity index (χ4v) is 8.67. The molecule has 1 aliphatic heterocycles. The molecule has 3 saturated carbocycles. The maximum atomic E-state index is 13.3. The molecule has 0 radical (unpaired) electrons. The molecule has 0 aromatic heterocycles. The average Bonchev–Trinajstić information content (AvgIpc) is 3.23. The van der Waals surface area contributed by atoms with Gasteiger partial charge in [-0.2, -0.15) is 0 Å². The zero-order chi connectivity index (χ0) is 23.1. The summed E-state index contributed by atoms with van der Waals surface area (Å²) in [4.78, 5) is 49.9. The monoisotopic (exact) mass is 445 g/mol. The van der Waals surface area contributed by atoms with Crippen LogP contribution in [0.25, 0.3) is 0 Å². The zero-order valence-electron chi connectivity index (χ0n) is 19.8. The Morgan fingerprint density at radius 3 is 2.56 bits per heavy atom. The highest BCUT2D eigenvalue weighted by molar-refractivity contribution is 5.90. The predicted octanol–water partition coefficient (Wildman–Crippen LogP) is 3.42. The van der Waals surface area contributed by atoms with E-state index in [1.807, 2.05) is 0 Å². The molecule has 1 heterocycles. The van der Waals surface area contributed by atoms with E-state index in [-0.39, 0.29) is 23.0 Å². The van der Waals surface area contributed by atoms with Gasteiger partial charge < -0.3 is 4.74 Å². The zero-order valence-corrected chi connectivity index (χ0v) is 19.8. The Morgan fingerprint density at radius 2 is 1.91 bits per heavy atom. The van der Waals surface area contributed by atoms with E-state index in [1.54, 1.807) is 6.92 Å². The van der Waals surface area contributed by atoms with Crippen LogP contribution in [-0.4, -0.2) is 48.6 Å². The van der Waals surface area contributed by atoms with Gasteiger partial charge in [0.25, 0.3) is 0 Å². The van der Waals surface area contributed by atoms with Crippen LogP contribution in [0.5, 0.6) is 0 Å². The summed E-state index contributed by atoms with van der Waals surface area (Å²) in [5, 5.41) is 1.21. The van der Waals surface area contributed by atoms with Gasteiger partial charge in [0.05, 0.1) is 14.2 Å². The number of ketones is 2. The highest BCUT2D eigenvalue weighted by atomic mass is 17.0. The molecule has 32 heavy (non-hydrogen) atoms. The molecule has 4 fully saturated rings. The van der Waals surface area contributed by atoms with E-state index < -0.39 is 23.0 Å². The fourth-order valence-electron chi connectivity index (χ4n) is 8.67. The second-order valence-corrected chi connectivity index (χ2v) is 11.1. The summed E-state index contributed by atoms with van der Waals surface area (Å²) in [6.07, 6.45) is 8.02. The minimum absolute atomic E-state index is 0.0408. The largest absolute Gasteiger partial charge is 0.468 e. The first-order valence-electron chi connectivity index (χ1n) is 12.0. The molecule has 1 saturated heterocycles. The molecule has 176 valence electrons. The van der Waals surface area contributed by atoms with Gasteiger partial charge in [0.15, 0.2) is 17.4 Å². The van der Waals surface area contributed by atoms with Gasteiger partial charge in [-0.05, 0) is 62.2 Å². The third kappa shape index (κ3) is 2.56. The SMILES string of the molecule is COC(=O)[C@H]1C2CC3C4CC=C5CC(=O)CC[C@]5(C)C4CC[C@]3(C)[C@]2(C(C)=O)ON1OC. The molecule has 0 aromatic carbocycles. The molecule has 7 nitrogen and oxygen atoms in total. The van der Waals surface area contributed by atoms with Crippen molar-refractivity contribution in [1.29, 1.82) is 0 Å². The Bertz CT molecular complexity index is 899. The van der Waals surface area contributed by atoms with Crippen LogP contribution >= 0.6 is 0 Å². The number of carbonyl (C=O) groups excluding carboxylic acids is 3. The maximum Gasteiger partial charge on any atom is 0.328 e. The van der Waals surface area contributed by atoms with Gasteiger partial charge in [0.1, 0.15) is 5.78 Å². The first-order chi connectivity index (χ1) is 15.1. The van der Waals surface area contributed by atoms with Crippen molar-refractivity contribution >= 4 is 17.5 Å². The molecule has 0 spiro atoms. The Hall–Kier alpha value is -1.57. The highest BCUT2D eigenvalue weighted by Crippen LogP contribution is 2.71. The number of fused-ring (bicyclic) bond motifs is 7. The lowest BCUT2D eigenvalue weighted by atomic mass is 9.47. The maximum absolute atomic E-state index is 13.3. The topological polar surface area (TPSA) is 82.1 Å². The van der Waals surface area contributed by atoms with Crippen LogP contribution < -0.4 is 0 Å². The molecular weight excluding hydrogens is 410 g/mol.